The lowest BCUT2D eigenvalue weighted by Crippen LogP contribution is -2.11. The molecule has 5 nitrogen and oxygen atoms in total. The number of carbonyl (C=O) groups excluding carboxylic acids is 1. The van der Waals surface area contributed by atoms with Crippen molar-refractivity contribution in [1.29, 1.82) is 0 Å². The molecule has 1 aromatic carbocycles. The van der Waals surface area contributed by atoms with Crippen LogP contribution in [0.3, 0.4) is 0 Å². The molecule has 5 heteroatoms. The number of aromatic amines is 2. The van der Waals surface area contributed by atoms with Gasteiger partial charge in [-0.3, -0.25) is 4.79 Å². The summed E-state index contributed by atoms with van der Waals surface area (Å²) in [6.45, 7) is 0. The van der Waals surface area contributed by atoms with Crippen molar-refractivity contribution in [3.8, 4) is 0 Å². The number of aryl methyl sites for hydroxylation is 1. The number of aromatic nitrogens is 2. The predicted molar refractivity (Wildman–Crippen MR) is 56.4 cm³/mol. The molecule has 1 aromatic heterocycles. The highest BCUT2D eigenvalue weighted by atomic mass is 16.1. The first kappa shape index (κ1) is 9.51. The maximum absolute atomic E-state index is 11.1. The zero-order valence-electron chi connectivity index (χ0n) is 8.04. The van der Waals surface area contributed by atoms with Gasteiger partial charge in [0.1, 0.15) is 0 Å². The number of carbonyl (C=O) groups is 1. The van der Waals surface area contributed by atoms with Crippen molar-refractivity contribution in [3.63, 3.8) is 0 Å². The molecular formula is C10H11N3O2. The smallest absolute Gasteiger partial charge is 0.323 e. The standard InChI is InChI=1S/C10H11N3O2/c11-8(14)5-4-6-2-1-3-7-9(6)13-10(15)12-7/h1-3H,4-5H2,(H2,11,14)(H2,12,13,15). The number of hydrogen-bond acceptors (Lipinski definition) is 2. The topological polar surface area (TPSA) is 91.7 Å². The van der Waals surface area contributed by atoms with Crippen LogP contribution in [0.5, 0.6) is 0 Å². The molecule has 1 heterocycles. The van der Waals surface area contributed by atoms with E-state index in [9.17, 15) is 9.59 Å². The van der Waals surface area contributed by atoms with Crippen LogP contribution in [-0.4, -0.2) is 15.9 Å². The molecule has 0 unspecified atom stereocenters. The molecule has 0 saturated heterocycles. The average molecular weight is 205 g/mol. The first-order valence-electron chi connectivity index (χ1n) is 4.65. The summed E-state index contributed by atoms with van der Waals surface area (Å²) < 4.78 is 0. The zero-order chi connectivity index (χ0) is 10.8. The highest BCUT2D eigenvalue weighted by Gasteiger charge is 2.04. The predicted octanol–water partition coefficient (Wildman–Crippen LogP) is 0.274. The second kappa shape index (κ2) is 3.61. The van der Waals surface area contributed by atoms with Crippen molar-refractivity contribution >= 4 is 16.9 Å². The van der Waals surface area contributed by atoms with E-state index in [2.05, 4.69) is 9.97 Å². The van der Waals surface area contributed by atoms with Crippen molar-refractivity contribution in [3.05, 3.63) is 34.2 Å². The van der Waals surface area contributed by atoms with Gasteiger partial charge in [-0.2, -0.15) is 0 Å². The maximum Gasteiger partial charge on any atom is 0.323 e. The molecule has 4 N–H and O–H groups in total. The Morgan fingerprint density at radius 1 is 1.33 bits per heavy atom. The number of amides is 1. The quantitative estimate of drug-likeness (QED) is 0.671. The fourth-order valence-corrected chi connectivity index (χ4v) is 1.59. The summed E-state index contributed by atoms with van der Waals surface area (Å²) in [7, 11) is 0. The number of H-pyrrole nitrogens is 2. The Morgan fingerprint density at radius 2 is 2.13 bits per heavy atom. The maximum atomic E-state index is 11.1. The molecule has 0 saturated carbocycles. The molecule has 78 valence electrons. The van der Waals surface area contributed by atoms with E-state index in [1.54, 1.807) is 6.07 Å². The number of fused-ring (bicyclic) bond motifs is 1. The monoisotopic (exact) mass is 205 g/mol. The second-order valence-electron chi connectivity index (χ2n) is 3.39. The first-order valence-corrected chi connectivity index (χ1v) is 4.65. The normalized spacial score (nSPS) is 10.7. The molecular weight excluding hydrogens is 194 g/mol. The third kappa shape index (κ3) is 1.90. The van der Waals surface area contributed by atoms with Crippen LogP contribution in [0, 0.1) is 0 Å². The van der Waals surface area contributed by atoms with Crippen LogP contribution >= 0.6 is 0 Å². The van der Waals surface area contributed by atoms with Gasteiger partial charge in [0.2, 0.25) is 5.91 Å². The Balaban J connectivity index is 2.41. The first-order chi connectivity index (χ1) is 7.16. The van der Waals surface area contributed by atoms with Gasteiger partial charge in [0.15, 0.2) is 0 Å². The third-order valence-corrected chi connectivity index (χ3v) is 2.28. The Labute approximate surface area is 85.3 Å². The summed E-state index contributed by atoms with van der Waals surface area (Å²) in [5.74, 6) is -0.343. The molecule has 0 aliphatic rings. The minimum Gasteiger partial charge on any atom is -0.370 e. The average Bonchev–Trinajstić information content (AvgIpc) is 2.55. The Morgan fingerprint density at radius 3 is 2.87 bits per heavy atom. The van der Waals surface area contributed by atoms with Crippen molar-refractivity contribution in [1.82, 2.24) is 9.97 Å². The van der Waals surface area contributed by atoms with Gasteiger partial charge in [0.25, 0.3) is 0 Å². The molecule has 0 aliphatic heterocycles. The van der Waals surface area contributed by atoms with Crippen LogP contribution in [0.2, 0.25) is 0 Å². The molecule has 0 spiro atoms. The van der Waals surface area contributed by atoms with E-state index in [1.807, 2.05) is 12.1 Å². The van der Waals surface area contributed by atoms with Crippen LogP contribution in [0.1, 0.15) is 12.0 Å². The van der Waals surface area contributed by atoms with Crippen molar-refractivity contribution < 1.29 is 4.79 Å². The van der Waals surface area contributed by atoms with Crippen LogP contribution in [0.25, 0.3) is 11.0 Å². The molecule has 0 radical (unpaired) electrons. The number of nitrogens with two attached hydrogens (primary N) is 1. The molecule has 0 fully saturated rings. The number of primary amides is 1. The largest absolute Gasteiger partial charge is 0.370 e. The molecule has 0 aliphatic carbocycles. The molecule has 2 rings (SSSR count). The highest BCUT2D eigenvalue weighted by Crippen LogP contribution is 2.14. The Kier molecular flexibility index (Phi) is 2.29. The van der Waals surface area contributed by atoms with Crippen molar-refractivity contribution in [2.24, 2.45) is 5.73 Å². The van der Waals surface area contributed by atoms with Gasteiger partial charge in [0.05, 0.1) is 11.0 Å². The molecule has 0 bridgehead atoms. The summed E-state index contributed by atoms with van der Waals surface area (Å²) >= 11 is 0. The SMILES string of the molecule is NC(=O)CCc1cccc2[nH]c(=O)[nH]c12. The van der Waals surface area contributed by atoms with Gasteiger partial charge in [0, 0.05) is 6.42 Å². The van der Waals surface area contributed by atoms with Gasteiger partial charge in [-0.1, -0.05) is 12.1 Å². The lowest BCUT2D eigenvalue weighted by Gasteiger charge is -1.99. The molecule has 2 aromatic rings. The van der Waals surface area contributed by atoms with Gasteiger partial charge in [-0.25, -0.2) is 4.79 Å². The summed E-state index contributed by atoms with van der Waals surface area (Å²) in [6, 6.07) is 5.51. The van der Waals surface area contributed by atoms with E-state index in [4.69, 9.17) is 5.73 Å². The van der Waals surface area contributed by atoms with Crippen molar-refractivity contribution in [2.45, 2.75) is 12.8 Å². The van der Waals surface area contributed by atoms with Crippen LogP contribution in [-0.2, 0) is 11.2 Å². The van der Waals surface area contributed by atoms with Gasteiger partial charge in [-0.05, 0) is 18.1 Å². The van der Waals surface area contributed by atoms with E-state index in [1.165, 1.54) is 0 Å². The number of para-hydroxylation sites is 1. The summed E-state index contributed by atoms with van der Waals surface area (Å²) in [5.41, 5.74) is 7.26. The molecule has 0 atom stereocenters. The van der Waals surface area contributed by atoms with Crippen molar-refractivity contribution in [2.75, 3.05) is 0 Å². The van der Waals surface area contributed by atoms with E-state index < -0.39 is 0 Å². The van der Waals surface area contributed by atoms with Crippen LogP contribution in [0.15, 0.2) is 23.0 Å². The van der Waals surface area contributed by atoms with E-state index in [0.717, 1.165) is 16.6 Å². The lowest BCUT2D eigenvalue weighted by atomic mass is 10.1. The van der Waals surface area contributed by atoms with Gasteiger partial charge in [-0.15, -0.1) is 0 Å². The van der Waals surface area contributed by atoms with Crippen LogP contribution < -0.4 is 11.4 Å². The summed E-state index contributed by atoms with van der Waals surface area (Å²) in [4.78, 5) is 27.1. The van der Waals surface area contributed by atoms with Crippen LogP contribution in [0.4, 0.5) is 0 Å². The third-order valence-electron chi connectivity index (χ3n) is 2.28. The van der Waals surface area contributed by atoms with Gasteiger partial charge < -0.3 is 15.7 Å². The number of imidazole rings is 1. The fourth-order valence-electron chi connectivity index (χ4n) is 1.59. The molecule has 1 amide bonds. The number of benzene rings is 1. The summed E-state index contributed by atoms with van der Waals surface area (Å²) in [5, 5.41) is 0. The minimum absolute atomic E-state index is 0.239. The lowest BCUT2D eigenvalue weighted by molar-refractivity contribution is -0.117. The Hall–Kier alpha value is -2.04. The number of rotatable bonds is 3. The minimum atomic E-state index is -0.343. The number of nitrogens with one attached hydrogen (secondary N) is 2. The van der Waals surface area contributed by atoms with E-state index in [0.29, 0.717) is 6.42 Å². The molecule has 15 heavy (non-hydrogen) atoms. The highest BCUT2D eigenvalue weighted by molar-refractivity contribution is 5.79. The van der Waals surface area contributed by atoms with E-state index >= 15 is 0 Å². The number of hydrogen-bond donors (Lipinski definition) is 3. The fraction of sp³-hybridized carbons (Fsp3) is 0.200. The summed E-state index contributed by atoms with van der Waals surface area (Å²) in [6.07, 6.45) is 0.826. The Bertz CT molecular complexity index is 553. The van der Waals surface area contributed by atoms with E-state index in [-0.39, 0.29) is 18.0 Å². The van der Waals surface area contributed by atoms with Gasteiger partial charge >= 0.3 is 5.69 Å². The second-order valence-corrected chi connectivity index (χ2v) is 3.39. The zero-order valence-corrected chi connectivity index (χ0v) is 8.04.